The second-order valence-electron chi connectivity index (χ2n) is 5.70. The van der Waals surface area contributed by atoms with E-state index in [9.17, 15) is 0 Å². The van der Waals surface area contributed by atoms with Crippen LogP contribution in [0.2, 0.25) is 0 Å². The van der Waals surface area contributed by atoms with Gasteiger partial charge in [0.25, 0.3) is 0 Å². The molecule has 2 heterocycles. The summed E-state index contributed by atoms with van der Waals surface area (Å²) in [5, 5.41) is 5.22. The monoisotopic (exact) mass is 325 g/mol. The minimum Gasteiger partial charge on any atom is -0.317 e. The van der Waals surface area contributed by atoms with Gasteiger partial charge < -0.3 is 5.32 Å². The average molecular weight is 326 g/mol. The smallest absolute Gasteiger partial charge is 0.142 e. The zero-order chi connectivity index (χ0) is 15.4. The van der Waals surface area contributed by atoms with E-state index in [-0.39, 0.29) is 0 Å². The van der Waals surface area contributed by atoms with Gasteiger partial charge >= 0.3 is 0 Å². The second kappa shape index (κ2) is 7.84. The van der Waals surface area contributed by atoms with Gasteiger partial charge in [0.2, 0.25) is 0 Å². The average Bonchev–Trinajstić information content (AvgIpc) is 2.44. The van der Waals surface area contributed by atoms with Gasteiger partial charge in [-0.3, -0.25) is 0 Å². The summed E-state index contributed by atoms with van der Waals surface area (Å²) < 4.78 is 0. The lowest BCUT2D eigenvalue weighted by Gasteiger charge is -2.30. The Morgan fingerprint density at radius 3 is 2.38 bits per heavy atom. The molecule has 2 rings (SSSR count). The minimum absolute atomic E-state index is 0.446. The first-order valence-electron chi connectivity index (χ1n) is 7.84. The minimum atomic E-state index is 0.446. The van der Waals surface area contributed by atoms with E-state index in [2.05, 4.69) is 51.7 Å². The Bertz CT molecular complexity index is 456. The third-order valence-electron chi connectivity index (χ3n) is 4.08. The van der Waals surface area contributed by atoms with Crippen LogP contribution in [0, 0.1) is 13.8 Å². The Hall–Kier alpha value is -0.260. The molecule has 3 atom stereocenters. The van der Waals surface area contributed by atoms with Crippen molar-refractivity contribution in [1.29, 1.82) is 0 Å². The molecule has 1 aromatic rings. The first kappa shape index (κ1) is 17.1. The maximum atomic E-state index is 4.82. The molecule has 1 N–H and O–H groups in total. The van der Waals surface area contributed by atoms with Gasteiger partial charge in [-0.05, 0) is 38.9 Å². The Balaban J connectivity index is 2.12. The Kier molecular flexibility index (Phi) is 6.38. The van der Waals surface area contributed by atoms with Crippen LogP contribution in [0.5, 0.6) is 0 Å². The van der Waals surface area contributed by atoms with Gasteiger partial charge in [0, 0.05) is 27.6 Å². The second-order valence-corrected chi connectivity index (χ2v) is 8.70. The summed E-state index contributed by atoms with van der Waals surface area (Å²) >= 11 is 4.09. The van der Waals surface area contributed by atoms with Crippen LogP contribution in [0.3, 0.4) is 0 Å². The fourth-order valence-corrected chi connectivity index (χ4v) is 5.42. The van der Waals surface area contributed by atoms with E-state index in [0.717, 1.165) is 47.7 Å². The van der Waals surface area contributed by atoms with Gasteiger partial charge in [0.1, 0.15) is 5.82 Å². The maximum Gasteiger partial charge on any atom is 0.142 e. The zero-order valence-corrected chi connectivity index (χ0v) is 15.4. The molecule has 118 valence electrons. The lowest BCUT2D eigenvalue weighted by atomic mass is 10.1. The number of aryl methyl sites for hydroxylation is 2. The SMILES string of the molecule is CCNCCc1c(C)nc(C2CSC(C)C(C)S2)nc1C. The quantitative estimate of drug-likeness (QED) is 0.838. The fourth-order valence-electron chi connectivity index (χ4n) is 2.58. The van der Waals surface area contributed by atoms with Gasteiger partial charge in [-0.25, -0.2) is 9.97 Å². The summed E-state index contributed by atoms with van der Waals surface area (Å²) in [6, 6.07) is 0. The lowest BCUT2D eigenvalue weighted by molar-refractivity contribution is 0.704. The number of hydrogen-bond acceptors (Lipinski definition) is 5. The summed E-state index contributed by atoms with van der Waals surface area (Å²) in [7, 11) is 0. The van der Waals surface area contributed by atoms with E-state index >= 15 is 0 Å². The molecule has 3 nitrogen and oxygen atoms in total. The molecule has 0 radical (unpaired) electrons. The highest BCUT2D eigenvalue weighted by molar-refractivity contribution is 8.07. The topological polar surface area (TPSA) is 37.8 Å². The molecule has 0 saturated carbocycles. The summed E-state index contributed by atoms with van der Waals surface area (Å²) in [4.78, 5) is 9.65. The molecule has 0 amide bonds. The highest BCUT2D eigenvalue weighted by atomic mass is 32.2. The van der Waals surface area contributed by atoms with Crippen LogP contribution in [0.15, 0.2) is 0 Å². The van der Waals surface area contributed by atoms with Gasteiger partial charge in [0.05, 0.1) is 5.25 Å². The molecular weight excluding hydrogens is 298 g/mol. The molecule has 0 spiro atoms. The number of aromatic nitrogens is 2. The number of thioether (sulfide) groups is 2. The zero-order valence-electron chi connectivity index (χ0n) is 13.8. The van der Waals surface area contributed by atoms with Crippen molar-refractivity contribution >= 4 is 23.5 Å². The highest BCUT2D eigenvalue weighted by Crippen LogP contribution is 2.43. The van der Waals surface area contributed by atoms with Crippen LogP contribution in [0.25, 0.3) is 0 Å². The van der Waals surface area contributed by atoms with E-state index in [0.29, 0.717) is 10.5 Å². The lowest BCUT2D eigenvalue weighted by Crippen LogP contribution is -2.24. The summed E-state index contributed by atoms with van der Waals surface area (Å²) in [5.74, 6) is 2.17. The van der Waals surface area contributed by atoms with Crippen molar-refractivity contribution < 1.29 is 0 Å². The van der Waals surface area contributed by atoms with Crippen LogP contribution in [0.4, 0.5) is 0 Å². The van der Waals surface area contributed by atoms with Gasteiger partial charge in [-0.1, -0.05) is 20.8 Å². The number of nitrogens with one attached hydrogen (secondary N) is 1. The van der Waals surface area contributed by atoms with Crippen molar-refractivity contribution in [1.82, 2.24) is 15.3 Å². The van der Waals surface area contributed by atoms with E-state index < -0.39 is 0 Å². The van der Waals surface area contributed by atoms with Crippen LogP contribution in [0.1, 0.15) is 48.8 Å². The standard InChI is InChI=1S/C16H27N3S2/c1-6-17-8-7-14-10(2)18-16(19-11(14)3)15-9-20-12(4)13(5)21-15/h12-13,15,17H,6-9H2,1-5H3. The van der Waals surface area contributed by atoms with Crippen molar-refractivity contribution in [2.24, 2.45) is 0 Å². The van der Waals surface area contributed by atoms with Crippen molar-refractivity contribution in [3.63, 3.8) is 0 Å². The molecule has 5 heteroatoms. The molecule has 1 aromatic heterocycles. The van der Waals surface area contributed by atoms with Crippen molar-refractivity contribution in [3.8, 4) is 0 Å². The summed E-state index contributed by atoms with van der Waals surface area (Å²) in [5.41, 5.74) is 3.63. The maximum absolute atomic E-state index is 4.82. The van der Waals surface area contributed by atoms with Gasteiger partial charge in [0.15, 0.2) is 0 Å². The Labute approximate surface area is 137 Å². The Morgan fingerprint density at radius 1 is 1.14 bits per heavy atom. The Morgan fingerprint density at radius 2 is 1.81 bits per heavy atom. The number of likely N-dealkylation sites (N-methyl/N-ethyl adjacent to an activating group) is 1. The predicted octanol–water partition coefficient (Wildman–Crippen LogP) is 3.54. The number of rotatable bonds is 5. The van der Waals surface area contributed by atoms with Crippen molar-refractivity contribution in [2.45, 2.75) is 56.8 Å². The van der Waals surface area contributed by atoms with Crippen LogP contribution < -0.4 is 5.32 Å². The van der Waals surface area contributed by atoms with Crippen LogP contribution in [-0.2, 0) is 6.42 Å². The third kappa shape index (κ3) is 4.36. The van der Waals surface area contributed by atoms with Crippen LogP contribution >= 0.6 is 23.5 Å². The van der Waals surface area contributed by atoms with E-state index in [1.807, 2.05) is 11.8 Å². The number of nitrogens with zero attached hydrogens (tertiary/aromatic N) is 2. The summed E-state index contributed by atoms with van der Waals surface area (Å²) in [6.07, 6.45) is 1.02. The predicted molar refractivity (Wildman–Crippen MR) is 95.5 cm³/mol. The molecular formula is C16H27N3S2. The molecule has 3 unspecified atom stereocenters. The fraction of sp³-hybridized carbons (Fsp3) is 0.750. The molecule has 0 aromatic carbocycles. The molecule has 1 aliphatic heterocycles. The van der Waals surface area contributed by atoms with Gasteiger partial charge in [-0.2, -0.15) is 11.8 Å². The highest BCUT2D eigenvalue weighted by Gasteiger charge is 2.29. The third-order valence-corrected chi connectivity index (χ3v) is 7.46. The largest absolute Gasteiger partial charge is 0.317 e. The summed E-state index contributed by atoms with van der Waals surface area (Å²) in [6.45, 7) is 13.1. The molecule has 21 heavy (non-hydrogen) atoms. The molecule has 1 saturated heterocycles. The van der Waals surface area contributed by atoms with Crippen molar-refractivity contribution in [2.75, 3.05) is 18.8 Å². The van der Waals surface area contributed by atoms with E-state index in [1.54, 1.807) is 0 Å². The first-order chi connectivity index (χ1) is 10.0. The first-order valence-corrected chi connectivity index (χ1v) is 9.83. The molecule has 0 aliphatic carbocycles. The van der Waals surface area contributed by atoms with Gasteiger partial charge in [-0.15, -0.1) is 11.8 Å². The van der Waals surface area contributed by atoms with Crippen LogP contribution in [-0.4, -0.2) is 39.3 Å². The molecule has 0 bridgehead atoms. The van der Waals surface area contributed by atoms with E-state index in [4.69, 9.17) is 9.97 Å². The number of hydrogen-bond donors (Lipinski definition) is 1. The van der Waals surface area contributed by atoms with E-state index in [1.165, 1.54) is 5.56 Å². The molecule has 1 fully saturated rings. The van der Waals surface area contributed by atoms with Crippen molar-refractivity contribution in [3.05, 3.63) is 22.8 Å². The normalized spacial score (nSPS) is 26.0. The molecule has 1 aliphatic rings.